The van der Waals surface area contributed by atoms with E-state index in [-0.39, 0.29) is 10.4 Å². The van der Waals surface area contributed by atoms with Crippen LogP contribution in [0.25, 0.3) is 0 Å². The van der Waals surface area contributed by atoms with Gasteiger partial charge in [-0.2, -0.15) is 8.42 Å². The molecule has 0 heterocycles. The van der Waals surface area contributed by atoms with Crippen LogP contribution in [0.5, 0.6) is 0 Å². The molecule has 2 rings (SSSR count). The molecule has 0 aliphatic heterocycles. The number of methoxy groups -OCH3 is 1. The Balaban J connectivity index is 0.000000273. The number of hydrogen-bond acceptors (Lipinski definition) is 5. The van der Waals surface area contributed by atoms with Crippen LogP contribution in [0, 0.1) is 6.92 Å². The van der Waals surface area contributed by atoms with E-state index in [1.54, 1.807) is 19.2 Å². The number of nitrogens with two attached hydrogens (primary N) is 1. The average Bonchev–Trinajstić information content (AvgIpc) is 2.57. The van der Waals surface area contributed by atoms with Gasteiger partial charge in [-0.15, -0.1) is 0 Å². The summed E-state index contributed by atoms with van der Waals surface area (Å²) in [5, 5.41) is 3.36. The number of nitrogens with one attached hydrogen (secondary N) is 1. The van der Waals surface area contributed by atoms with Gasteiger partial charge in [-0.3, -0.25) is 4.55 Å². The predicted octanol–water partition coefficient (Wildman–Crippen LogP) is 2.46. The van der Waals surface area contributed by atoms with Gasteiger partial charge in [0.15, 0.2) is 0 Å². The van der Waals surface area contributed by atoms with Crippen molar-refractivity contribution >= 4 is 10.1 Å². The lowest BCUT2D eigenvalue weighted by molar-refractivity contribution is 0.182. The van der Waals surface area contributed by atoms with E-state index in [2.05, 4.69) is 37.4 Å². The highest BCUT2D eigenvalue weighted by atomic mass is 32.2. The van der Waals surface area contributed by atoms with Gasteiger partial charge in [0.1, 0.15) is 0 Å². The maximum atomic E-state index is 10.5. The molecule has 0 bridgehead atoms. The molecule has 4 N–H and O–H groups in total. The summed E-state index contributed by atoms with van der Waals surface area (Å²) in [6, 6.07) is 6.32. The van der Waals surface area contributed by atoms with E-state index in [4.69, 9.17) is 15.0 Å². The van der Waals surface area contributed by atoms with Crippen LogP contribution in [0.2, 0.25) is 0 Å². The van der Waals surface area contributed by atoms with Crippen molar-refractivity contribution in [2.75, 3.05) is 20.3 Å². The van der Waals surface area contributed by atoms with Gasteiger partial charge < -0.3 is 15.8 Å². The SMILES string of the molecule is CCNC1C=CC(N)(CCOC)C(C)=C1.Cc1ccc(S(=O)(=O)O)cc1. The number of hydrogen-bond donors (Lipinski definition) is 3. The molecule has 0 aromatic heterocycles. The largest absolute Gasteiger partial charge is 0.385 e. The third-order valence-corrected chi connectivity index (χ3v) is 5.11. The van der Waals surface area contributed by atoms with Crippen molar-refractivity contribution in [3.05, 3.63) is 53.6 Å². The van der Waals surface area contributed by atoms with Crippen molar-refractivity contribution in [2.45, 2.75) is 43.7 Å². The van der Waals surface area contributed by atoms with Crippen molar-refractivity contribution in [1.82, 2.24) is 5.32 Å². The van der Waals surface area contributed by atoms with Crippen LogP contribution in [0.1, 0.15) is 25.8 Å². The molecule has 26 heavy (non-hydrogen) atoms. The number of likely N-dealkylation sites (N-methyl/N-ethyl adjacent to an activating group) is 1. The summed E-state index contributed by atoms with van der Waals surface area (Å²) in [7, 11) is -2.31. The fourth-order valence-corrected chi connectivity index (χ4v) is 2.99. The first-order valence-electron chi connectivity index (χ1n) is 8.56. The normalized spacial score (nSPS) is 22.4. The summed E-state index contributed by atoms with van der Waals surface area (Å²) in [5.74, 6) is 0. The van der Waals surface area contributed by atoms with Gasteiger partial charge >= 0.3 is 0 Å². The summed E-state index contributed by atoms with van der Waals surface area (Å²) in [5.41, 5.74) is 8.14. The maximum Gasteiger partial charge on any atom is 0.294 e. The number of aryl methyl sites for hydroxylation is 1. The first-order valence-corrected chi connectivity index (χ1v) is 10.00. The van der Waals surface area contributed by atoms with Crippen molar-refractivity contribution in [3.8, 4) is 0 Å². The molecule has 6 nitrogen and oxygen atoms in total. The predicted molar refractivity (Wildman–Crippen MR) is 105 cm³/mol. The van der Waals surface area contributed by atoms with Gasteiger partial charge in [-0.25, -0.2) is 0 Å². The van der Waals surface area contributed by atoms with Crippen LogP contribution in [0.15, 0.2) is 53.0 Å². The van der Waals surface area contributed by atoms with Crippen molar-refractivity contribution < 1.29 is 17.7 Å². The Hall–Kier alpha value is -1.51. The quantitative estimate of drug-likeness (QED) is 0.516. The molecular weight excluding hydrogens is 352 g/mol. The van der Waals surface area contributed by atoms with E-state index in [0.29, 0.717) is 12.6 Å². The Bertz CT molecular complexity index is 726. The molecule has 0 saturated heterocycles. The maximum absolute atomic E-state index is 10.5. The Morgan fingerprint density at radius 3 is 2.35 bits per heavy atom. The fraction of sp³-hybridized carbons (Fsp3) is 0.474. The number of benzene rings is 1. The molecule has 1 aliphatic rings. The molecule has 146 valence electrons. The monoisotopic (exact) mass is 382 g/mol. The molecule has 1 aromatic rings. The first-order chi connectivity index (χ1) is 12.1. The lowest BCUT2D eigenvalue weighted by Gasteiger charge is -2.32. The Morgan fingerprint density at radius 1 is 1.27 bits per heavy atom. The molecule has 0 saturated carbocycles. The van der Waals surface area contributed by atoms with Crippen LogP contribution in [-0.4, -0.2) is 44.8 Å². The van der Waals surface area contributed by atoms with Crippen LogP contribution < -0.4 is 11.1 Å². The second kappa shape index (κ2) is 9.99. The summed E-state index contributed by atoms with van der Waals surface area (Å²) < 4.78 is 34.6. The molecule has 0 amide bonds. The molecule has 1 aliphatic carbocycles. The smallest absolute Gasteiger partial charge is 0.294 e. The summed E-state index contributed by atoms with van der Waals surface area (Å²) in [4.78, 5) is -0.0666. The van der Waals surface area contributed by atoms with Gasteiger partial charge in [-0.05, 0) is 38.9 Å². The second-order valence-electron chi connectivity index (χ2n) is 6.36. The minimum Gasteiger partial charge on any atom is -0.385 e. The minimum absolute atomic E-state index is 0.0666. The Morgan fingerprint density at radius 2 is 1.88 bits per heavy atom. The topological polar surface area (TPSA) is 102 Å². The van der Waals surface area contributed by atoms with Gasteiger partial charge in [-0.1, -0.05) is 48.4 Å². The van der Waals surface area contributed by atoms with E-state index >= 15 is 0 Å². The Labute approximate surface area is 156 Å². The Kier molecular flexibility index (Phi) is 8.66. The average molecular weight is 383 g/mol. The molecule has 0 radical (unpaired) electrons. The van der Waals surface area contributed by atoms with Crippen LogP contribution >= 0.6 is 0 Å². The third-order valence-electron chi connectivity index (χ3n) is 4.24. The zero-order chi connectivity index (χ0) is 19.8. The lowest BCUT2D eigenvalue weighted by Crippen LogP contribution is -2.44. The van der Waals surface area contributed by atoms with Gasteiger partial charge in [0, 0.05) is 19.8 Å². The molecule has 2 atom stereocenters. The standard InChI is InChI=1S/C12H22N2O.C7H8O3S/c1-4-14-11-5-6-12(13,7-8-15-3)10(2)9-11;1-6-2-4-7(5-3-6)11(8,9)10/h5-6,9,11,14H,4,7-8,13H2,1-3H3;2-5H,1H3,(H,8,9,10). The van der Waals surface area contributed by atoms with Crippen molar-refractivity contribution in [2.24, 2.45) is 5.73 Å². The van der Waals surface area contributed by atoms with E-state index in [1.165, 1.54) is 17.7 Å². The first kappa shape index (κ1) is 22.5. The minimum atomic E-state index is -4.02. The van der Waals surface area contributed by atoms with E-state index in [0.717, 1.165) is 18.5 Å². The van der Waals surface area contributed by atoms with Crippen molar-refractivity contribution in [3.63, 3.8) is 0 Å². The number of ether oxygens (including phenoxy) is 1. The molecule has 1 aromatic carbocycles. The summed E-state index contributed by atoms with van der Waals surface area (Å²) >= 11 is 0. The zero-order valence-electron chi connectivity index (χ0n) is 15.9. The summed E-state index contributed by atoms with van der Waals surface area (Å²) in [6.45, 7) is 7.69. The second-order valence-corrected chi connectivity index (χ2v) is 7.79. The highest BCUT2D eigenvalue weighted by Crippen LogP contribution is 2.24. The fourth-order valence-electron chi connectivity index (χ4n) is 2.51. The van der Waals surface area contributed by atoms with Gasteiger partial charge in [0.25, 0.3) is 10.1 Å². The summed E-state index contributed by atoms with van der Waals surface area (Å²) in [6.07, 6.45) is 7.25. The number of rotatable bonds is 6. The van der Waals surface area contributed by atoms with Crippen LogP contribution in [0.3, 0.4) is 0 Å². The molecule has 0 fully saturated rings. The zero-order valence-corrected chi connectivity index (χ0v) is 16.7. The van der Waals surface area contributed by atoms with E-state index < -0.39 is 10.1 Å². The van der Waals surface area contributed by atoms with Gasteiger partial charge in [0.05, 0.1) is 10.4 Å². The van der Waals surface area contributed by atoms with Gasteiger partial charge in [0.2, 0.25) is 0 Å². The van der Waals surface area contributed by atoms with Crippen LogP contribution in [0.4, 0.5) is 0 Å². The van der Waals surface area contributed by atoms with Crippen molar-refractivity contribution in [1.29, 1.82) is 0 Å². The third kappa shape index (κ3) is 7.01. The van der Waals surface area contributed by atoms with Crippen LogP contribution in [-0.2, 0) is 14.9 Å². The molecular formula is C19H30N2O4S. The van der Waals surface area contributed by atoms with E-state index in [9.17, 15) is 8.42 Å². The molecule has 7 heteroatoms. The lowest BCUT2D eigenvalue weighted by atomic mass is 9.83. The van der Waals surface area contributed by atoms with E-state index in [1.807, 2.05) is 6.92 Å². The molecule has 2 unspecified atom stereocenters. The molecule has 0 spiro atoms. The highest BCUT2D eigenvalue weighted by molar-refractivity contribution is 7.85. The highest BCUT2D eigenvalue weighted by Gasteiger charge is 2.27.